The molecule has 0 bridgehead atoms. The SMILES string of the molecule is CC1(C)C(CN)C1C1CCCOC1. The summed E-state index contributed by atoms with van der Waals surface area (Å²) in [6.45, 7) is 7.50. The summed E-state index contributed by atoms with van der Waals surface area (Å²) in [5.74, 6) is 2.37. The van der Waals surface area contributed by atoms with Gasteiger partial charge in [-0.25, -0.2) is 0 Å². The topological polar surface area (TPSA) is 35.2 Å². The van der Waals surface area contributed by atoms with Crippen LogP contribution in [0.5, 0.6) is 0 Å². The Balaban J connectivity index is 1.94. The number of rotatable bonds is 2. The van der Waals surface area contributed by atoms with Gasteiger partial charge in [0.2, 0.25) is 0 Å². The molecule has 0 aromatic heterocycles. The van der Waals surface area contributed by atoms with Crippen LogP contribution in [0, 0.1) is 23.2 Å². The summed E-state index contributed by atoms with van der Waals surface area (Å²) in [5, 5.41) is 0. The molecule has 1 aliphatic heterocycles. The molecular formula is C11H21NO. The minimum atomic E-state index is 0.486. The first-order chi connectivity index (χ1) is 6.18. The summed E-state index contributed by atoms with van der Waals surface area (Å²) in [5.41, 5.74) is 6.25. The Bertz CT molecular complexity index is 185. The predicted octanol–water partition coefficient (Wildman–Crippen LogP) is 1.64. The van der Waals surface area contributed by atoms with E-state index in [0.717, 1.165) is 37.5 Å². The maximum absolute atomic E-state index is 5.77. The van der Waals surface area contributed by atoms with E-state index < -0.39 is 0 Å². The fraction of sp³-hybridized carbons (Fsp3) is 1.00. The minimum Gasteiger partial charge on any atom is -0.381 e. The molecule has 1 saturated carbocycles. The van der Waals surface area contributed by atoms with Gasteiger partial charge in [-0.05, 0) is 42.6 Å². The van der Waals surface area contributed by atoms with Crippen LogP contribution in [0.1, 0.15) is 26.7 Å². The molecule has 3 unspecified atom stereocenters. The van der Waals surface area contributed by atoms with Gasteiger partial charge in [0, 0.05) is 13.2 Å². The maximum atomic E-state index is 5.77. The largest absolute Gasteiger partial charge is 0.381 e. The van der Waals surface area contributed by atoms with E-state index in [1.54, 1.807) is 0 Å². The Labute approximate surface area is 80.8 Å². The first-order valence-electron chi connectivity index (χ1n) is 5.45. The molecule has 1 heterocycles. The second-order valence-electron chi connectivity index (χ2n) is 5.17. The molecule has 1 aliphatic carbocycles. The first kappa shape index (κ1) is 9.47. The van der Waals surface area contributed by atoms with Crippen LogP contribution >= 0.6 is 0 Å². The van der Waals surface area contributed by atoms with Crippen LogP contribution in [0.25, 0.3) is 0 Å². The predicted molar refractivity (Wildman–Crippen MR) is 53.4 cm³/mol. The maximum Gasteiger partial charge on any atom is 0.0497 e. The normalized spacial score (nSPS) is 43.2. The lowest BCUT2D eigenvalue weighted by atomic mass is 9.92. The van der Waals surface area contributed by atoms with Crippen molar-refractivity contribution in [1.82, 2.24) is 0 Å². The van der Waals surface area contributed by atoms with Gasteiger partial charge in [0.1, 0.15) is 0 Å². The highest BCUT2D eigenvalue weighted by Crippen LogP contribution is 2.62. The van der Waals surface area contributed by atoms with Crippen molar-refractivity contribution in [2.24, 2.45) is 28.9 Å². The number of hydrogen-bond acceptors (Lipinski definition) is 2. The lowest BCUT2D eigenvalue weighted by molar-refractivity contribution is 0.0407. The van der Waals surface area contributed by atoms with Gasteiger partial charge < -0.3 is 10.5 Å². The van der Waals surface area contributed by atoms with Crippen molar-refractivity contribution in [2.75, 3.05) is 19.8 Å². The molecule has 76 valence electrons. The quantitative estimate of drug-likeness (QED) is 0.706. The van der Waals surface area contributed by atoms with E-state index in [9.17, 15) is 0 Å². The molecule has 1 saturated heterocycles. The molecule has 3 atom stereocenters. The van der Waals surface area contributed by atoms with Crippen LogP contribution in [0.2, 0.25) is 0 Å². The highest BCUT2D eigenvalue weighted by atomic mass is 16.5. The standard InChI is InChI=1S/C11H21NO/c1-11(2)9(6-12)10(11)8-4-3-5-13-7-8/h8-10H,3-7,12H2,1-2H3. The molecule has 0 radical (unpaired) electrons. The summed E-state index contributed by atoms with van der Waals surface area (Å²) in [7, 11) is 0. The molecule has 2 rings (SSSR count). The summed E-state index contributed by atoms with van der Waals surface area (Å²) in [4.78, 5) is 0. The van der Waals surface area contributed by atoms with E-state index in [1.807, 2.05) is 0 Å². The van der Waals surface area contributed by atoms with Gasteiger partial charge in [0.25, 0.3) is 0 Å². The van der Waals surface area contributed by atoms with Gasteiger partial charge >= 0.3 is 0 Å². The molecule has 2 nitrogen and oxygen atoms in total. The molecule has 13 heavy (non-hydrogen) atoms. The lowest BCUT2D eigenvalue weighted by Crippen LogP contribution is -2.21. The molecule has 0 aromatic carbocycles. The average molecular weight is 183 g/mol. The third-order valence-corrected chi connectivity index (χ3v) is 4.10. The summed E-state index contributed by atoms with van der Waals surface area (Å²) in [6, 6.07) is 0. The highest BCUT2D eigenvalue weighted by Gasteiger charge is 2.59. The molecule has 2 N–H and O–H groups in total. The van der Waals surface area contributed by atoms with E-state index in [1.165, 1.54) is 12.8 Å². The van der Waals surface area contributed by atoms with Crippen LogP contribution in [0.4, 0.5) is 0 Å². The Morgan fingerprint density at radius 3 is 2.69 bits per heavy atom. The third-order valence-electron chi connectivity index (χ3n) is 4.10. The van der Waals surface area contributed by atoms with Gasteiger partial charge in [0.05, 0.1) is 0 Å². The summed E-state index contributed by atoms with van der Waals surface area (Å²) in [6.07, 6.45) is 2.60. The average Bonchev–Trinajstić information content (AvgIpc) is 2.69. The zero-order valence-corrected chi connectivity index (χ0v) is 8.75. The van der Waals surface area contributed by atoms with Gasteiger partial charge in [0.15, 0.2) is 0 Å². The smallest absolute Gasteiger partial charge is 0.0497 e. The highest BCUT2D eigenvalue weighted by molar-refractivity contribution is 5.08. The zero-order chi connectivity index (χ0) is 9.47. The Kier molecular flexibility index (Phi) is 2.37. The van der Waals surface area contributed by atoms with Crippen LogP contribution in [-0.4, -0.2) is 19.8 Å². The molecule has 2 fully saturated rings. The van der Waals surface area contributed by atoms with Crippen molar-refractivity contribution >= 4 is 0 Å². The van der Waals surface area contributed by atoms with Crippen molar-refractivity contribution in [3.8, 4) is 0 Å². The second-order valence-corrected chi connectivity index (χ2v) is 5.17. The first-order valence-corrected chi connectivity index (χ1v) is 5.45. The minimum absolute atomic E-state index is 0.486. The Morgan fingerprint density at radius 2 is 2.23 bits per heavy atom. The van der Waals surface area contributed by atoms with Gasteiger partial charge in [-0.15, -0.1) is 0 Å². The number of hydrogen-bond donors (Lipinski definition) is 1. The third kappa shape index (κ3) is 1.50. The Hall–Kier alpha value is -0.0800. The van der Waals surface area contributed by atoms with Crippen LogP contribution < -0.4 is 5.73 Å². The van der Waals surface area contributed by atoms with Gasteiger partial charge in [-0.1, -0.05) is 13.8 Å². The van der Waals surface area contributed by atoms with Crippen LogP contribution in [-0.2, 0) is 4.74 Å². The lowest BCUT2D eigenvalue weighted by Gasteiger charge is -2.23. The van der Waals surface area contributed by atoms with E-state index in [2.05, 4.69) is 13.8 Å². The number of ether oxygens (including phenoxy) is 1. The molecule has 0 spiro atoms. The second kappa shape index (κ2) is 3.25. The number of nitrogens with two attached hydrogens (primary N) is 1. The van der Waals surface area contributed by atoms with Crippen LogP contribution in [0.15, 0.2) is 0 Å². The van der Waals surface area contributed by atoms with Gasteiger partial charge in [-0.3, -0.25) is 0 Å². The molecule has 2 heteroatoms. The van der Waals surface area contributed by atoms with Crippen molar-refractivity contribution in [3.05, 3.63) is 0 Å². The monoisotopic (exact) mass is 183 g/mol. The fourth-order valence-electron chi connectivity index (χ4n) is 3.22. The van der Waals surface area contributed by atoms with Crippen molar-refractivity contribution in [1.29, 1.82) is 0 Å². The van der Waals surface area contributed by atoms with Crippen LogP contribution in [0.3, 0.4) is 0 Å². The van der Waals surface area contributed by atoms with E-state index in [4.69, 9.17) is 10.5 Å². The van der Waals surface area contributed by atoms with E-state index in [0.29, 0.717) is 5.41 Å². The molecule has 2 aliphatic rings. The summed E-state index contributed by atoms with van der Waals surface area (Å²) >= 11 is 0. The zero-order valence-electron chi connectivity index (χ0n) is 8.75. The fourth-order valence-corrected chi connectivity index (χ4v) is 3.22. The van der Waals surface area contributed by atoms with Crippen molar-refractivity contribution < 1.29 is 4.74 Å². The van der Waals surface area contributed by atoms with Gasteiger partial charge in [-0.2, -0.15) is 0 Å². The van der Waals surface area contributed by atoms with Crippen molar-refractivity contribution in [2.45, 2.75) is 26.7 Å². The molecular weight excluding hydrogens is 162 g/mol. The van der Waals surface area contributed by atoms with E-state index >= 15 is 0 Å². The summed E-state index contributed by atoms with van der Waals surface area (Å²) < 4.78 is 5.53. The van der Waals surface area contributed by atoms with Crippen molar-refractivity contribution in [3.63, 3.8) is 0 Å². The molecule has 0 aromatic rings. The molecule has 0 amide bonds. The Morgan fingerprint density at radius 1 is 1.46 bits per heavy atom. The van der Waals surface area contributed by atoms with E-state index in [-0.39, 0.29) is 0 Å².